The molecule has 2 nitrogen and oxygen atoms in total. The van der Waals surface area contributed by atoms with Crippen LogP contribution in [0.3, 0.4) is 0 Å². The molecule has 1 atom stereocenters. The van der Waals surface area contributed by atoms with E-state index < -0.39 is 0 Å². The lowest BCUT2D eigenvalue weighted by atomic mass is 10.1. The van der Waals surface area contributed by atoms with E-state index >= 15 is 0 Å². The Kier molecular flexibility index (Phi) is 1.98. The van der Waals surface area contributed by atoms with Gasteiger partial charge < -0.3 is 4.90 Å². The smallest absolute Gasteiger partial charge is 0.0435 e. The van der Waals surface area contributed by atoms with Crippen LogP contribution in [0.5, 0.6) is 0 Å². The third-order valence-corrected chi connectivity index (χ3v) is 2.76. The van der Waals surface area contributed by atoms with E-state index in [-0.39, 0.29) is 0 Å². The maximum absolute atomic E-state index is 4.17. The first-order valence-corrected chi connectivity index (χ1v) is 4.90. The molecule has 13 heavy (non-hydrogen) atoms. The normalized spacial score (nSPS) is 20.9. The van der Waals surface area contributed by atoms with Crippen molar-refractivity contribution in [3.8, 4) is 0 Å². The van der Waals surface area contributed by atoms with Crippen LogP contribution in [0.1, 0.15) is 32.3 Å². The van der Waals surface area contributed by atoms with E-state index in [2.05, 4.69) is 36.7 Å². The van der Waals surface area contributed by atoms with Gasteiger partial charge in [0.2, 0.25) is 0 Å². The summed E-state index contributed by atoms with van der Waals surface area (Å²) < 4.78 is 0. The van der Waals surface area contributed by atoms with E-state index in [1.165, 1.54) is 11.3 Å². The van der Waals surface area contributed by atoms with Crippen molar-refractivity contribution in [3.05, 3.63) is 24.0 Å². The van der Waals surface area contributed by atoms with E-state index in [1.54, 1.807) is 0 Å². The highest BCUT2D eigenvalue weighted by molar-refractivity contribution is 5.59. The average molecular weight is 176 g/mol. The molecule has 0 aliphatic carbocycles. The summed E-state index contributed by atoms with van der Waals surface area (Å²) in [6.45, 7) is 7.88. The fourth-order valence-electron chi connectivity index (χ4n) is 2.02. The van der Waals surface area contributed by atoms with Gasteiger partial charge in [-0.25, -0.2) is 0 Å². The van der Waals surface area contributed by atoms with Crippen molar-refractivity contribution in [2.24, 2.45) is 0 Å². The molecule has 0 aromatic carbocycles. The molecule has 1 aromatic rings. The number of aromatic nitrogens is 1. The molecule has 0 saturated carbocycles. The number of fused-ring (bicyclic) bond motifs is 1. The average Bonchev–Trinajstić information content (AvgIpc) is 2.45. The maximum Gasteiger partial charge on any atom is 0.0435 e. The van der Waals surface area contributed by atoms with Crippen molar-refractivity contribution in [1.82, 2.24) is 4.98 Å². The first-order chi connectivity index (χ1) is 6.20. The SMILES string of the molecule is CC1CN(C(C)C)c2ccncc21. The lowest BCUT2D eigenvalue weighted by Gasteiger charge is -2.23. The third-order valence-electron chi connectivity index (χ3n) is 2.76. The van der Waals surface area contributed by atoms with Crippen LogP contribution >= 0.6 is 0 Å². The van der Waals surface area contributed by atoms with Crippen molar-refractivity contribution >= 4 is 5.69 Å². The van der Waals surface area contributed by atoms with Crippen LogP contribution < -0.4 is 4.90 Å². The highest BCUT2D eigenvalue weighted by Gasteiger charge is 2.26. The van der Waals surface area contributed by atoms with Gasteiger partial charge in [-0.05, 0) is 25.5 Å². The molecule has 0 spiro atoms. The highest BCUT2D eigenvalue weighted by atomic mass is 15.2. The zero-order valence-corrected chi connectivity index (χ0v) is 8.49. The van der Waals surface area contributed by atoms with Crippen LogP contribution in [0, 0.1) is 0 Å². The van der Waals surface area contributed by atoms with E-state index in [4.69, 9.17) is 0 Å². The van der Waals surface area contributed by atoms with Gasteiger partial charge in [0, 0.05) is 36.6 Å². The summed E-state index contributed by atoms with van der Waals surface area (Å²) in [4.78, 5) is 6.62. The number of hydrogen-bond donors (Lipinski definition) is 0. The second-order valence-corrected chi connectivity index (χ2v) is 4.08. The Labute approximate surface area is 79.6 Å². The van der Waals surface area contributed by atoms with Gasteiger partial charge in [0.25, 0.3) is 0 Å². The fourth-order valence-corrected chi connectivity index (χ4v) is 2.02. The minimum absolute atomic E-state index is 0.589. The Hall–Kier alpha value is -1.05. The summed E-state index contributed by atoms with van der Waals surface area (Å²) in [6, 6.07) is 2.71. The fraction of sp³-hybridized carbons (Fsp3) is 0.545. The van der Waals surface area contributed by atoms with Gasteiger partial charge in [-0.1, -0.05) is 6.92 Å². The molecule has 0 saturated heterocycles. The van der Waals surface area contributed by atoms with Gasteiger partial charge in [0.05, 0.1) is 0 Å². The number of anilines is 1. The Morgan fingerprint density at radius 1 is 1.54 bits per heavy atom. The van der Waals surface area contributed by atoms with Gasteiger partial charge in [-0.3, -0.25) is 4.98 Å². The summed E-state index contributed by atoms with van der Waals surface area (Å²) in [6.07, 6.45) is 3.88. The second-order valence-electron chi connectivity index (χ2n) is 4.08. The largest absolute Gasteiger partial charge is 0.368 e. The van der Waals surface area contributed by atoms with E-state index in [9.17, 15) is 0 Å². The summed E-state index contributed by atoms with van der Waals surface area (Å²) >= 11 is 0. The number of rotatable bonds is 1. The quantitative estimate of drug-likeness (QED) is 0.653. The number of pyridine rings is 1. The van der Waals surface area contributed by atoms with Crippen LogP contribution in [-0.4, -0.2) is 17.6 Å². The zero-order chi connectivity index (χ0) is 9.42. The maximum atomic E-state index is 4.17. The molecule has 1 aliphatic rings. The Balaban J connectivity index is 2.41. The lowest BCUT2D eigenvalue weighted by molar-refractivity contribution is 0.670. The molecule has 0 amide bonds. The van der Waals surface area contributed by atoms with Crippen molar-refractivity contribution < 1.29 is 0 Å². The van der Waals surface area contributed by atoms with Gasteiger partial charge in [-0.15, -0.1) is 0 Å². The van der Waals surface area contributed by atoms with E-state index in [1.807, 2.05) is 12.4 Å². The summed E-state index contributed by atoms with van der Waals surface area (Å²) in [7, 11) is 0. The van der Waals surface area contributed by atoms with Gasteiger partial charge in [0.15, 0.2) is 0 Å². The van der Waals surface area contributed by atoms with Crippen molar-refractivity contribution in [2.75, 3.05) is 11.4 Å². The molecule has 0 bridgehead atoms. The molecule has 0 fully saturated rings. The number of nitrogens with zero attached hydrogens (tertiary/aromatic N) is 2. The minimum Gasteiger partial charge on any atom is -0.368 e. The van der Waals surface area contributed by atoms with Crippen LogP contribution in [0.15, 0.2) is 18.5 Å². The molecule has 0 N–H and O–H groups in total. The zero-order valence-electron chi connectivity index (χ0n) is 8.49. The van der Waals surface area contributed by atoms with Crippen molar-refractivity contribution in [3.63, 3.8) is 0 Å². The summed E-state index contributed by atoms with van der Waals surface area (Å²) in [5.74, 6) is 0.631. The van der Waals surface area contributed by atoms with E-state index in [0.717, 1.165) is 6.54 Å². The molecule has 70 valence electrons. The highest BCUT2D eigenvalue weighted by Crippen LogP contribution is 2.35. The molecular formula is C11H16N2. The molecule has 2 heterocycles. The van der Waals surface area contributed by atoms with Gasteiger partial charge in [0.1, 0.15) is 0 Å². The Bertz CT molecular complexity index is 307. The molecular weight excluding hydrogens is 160 g/mol. The summed E-state index contributed by atoms with van der Waals surface area (Å²) in [5.41, 5.74) is 2.77. The Morgan fingerprint density at radius 2 is 2.31 bits per heavy atom. The lowest BCUT2D eigenvalue weighted by Crippen LogP contribution is -2.28. The van der Waals surface area contributed by atoms with Crippen LogP contribution in [0.25, 0.3) is 0 Å². The third kappa shape index (κ3) is 1.30. The molecule has 2 heteroatoms. The second kappa shape index (κ2) is 3.02. The molecule has 2 rings (SSSR count). The van der Waals surface area contributed by atoms with Crippen LogP contribution in [-0.2, 0) is 0 Å². The van der Waals surface area contributed by atoms with Crippen LogP contribution in [0.4, 0.5) is 5.69 Å². The van der Waals surface area contributed by atoms with Gasteiger partial charge in [-0.2, -0.15) is 0 Å². The predicted octanol–water partition coefficient (Wildman–Crippen LogP) is 2.41. The van der Waals surface area contributed by atoms with Gasteiger partial charge >= 0.3 is 0 Å². The van der Waals surface area contributed by atoms with Crippen molar-refractivity contribution in [2.45, 2.75) is 32.7 Å². The molecule has 1 aliphatic heterocycles. The monoisotopic (exact) mass is 176 g/mol. The van der Waals surface area contributed by atoms with Crippen LogP contribution in [0.2, 0.25) is 0 Å². The summed E-state index contributed by atoms with van der Waals surface area (Å²) in [5, 5.41) is 0. The first kappa shape index (κ1) is 8.54. The molecule has 0 radical (unpaired) electrons. The molecule has 1 unspecified atom stereocenters. The first-order valence-electron chi connectivity index (χ1n) is 4.90. The predicted molar refractivity (Wildman–Crippen MR) is 55.1 cm³/mol. The Morgan fingerprint density at radius 3 is 3.00 bits per heavy atom. The molecule has 1 aromatic heterocycles. The standard InChI is InChI=1S/C11H16N2/c1-8(2)13-7-9(3)10-6-12-5-4-11(10)13/h4-6,8-9H,7H2,1-3H3. The topological polar surface area (TPSA) is 16.1 Å². The number of hydrogen-bond acceptors (Lipinski definition) is 2. The minimum atomic E-state index is 0.589. The van der Waals surface area contributed by atoms with Crippen molar-refractivity contribution in [1.29, 1.82) is 0 Å². The van der Waals surface area contributed by atoms with E-state index in [0.29, 0.717) is 12.0 Å².